The molecule has 16 atom stereocenters. The van der Waals surface area contributed by atoms with Crippen LogP contribution in [0.4, 0.5) is 17.7 Å². The van der Waals surface area contributed by atoms with E-state index >= 15 is 0 Å². The minimum atomic E-state index is -6.15. The lowest BCUT2D eigenvalue weighted by Gasteiger charge is -2.26. The Bertz CT molecular complexity index is 3510. The van der Waals surface area contributed by atoms with Crippen molar-refractivity contribution in [3.05, 3.63) is 46.0 Å². The van der Waals surface area contributed by atoms with E-state index in [0.29, 0.717) is 0 Å². The zero-order chi connectivity index (χ0) is 55.7. The highest BCUT2D eigenvalue weighted by Crippen LogP contribution is 2.68. The average Bonchev–Trinajstić information content (AvgIpc) is 4.21. The van der Waals surface area contributed by atoms with E-state index in [1.165, 1.54) is 47.6 Å². The molecule has 15 N–H and O–H groups in total. The number of hydrogen-bond acceptors (Lipinski definition) is 28. The molecule has 3 aliphatic heterocycles. The number of phosphoric ester groups is 2. The van der Waals surface area contributed by atoms with Crippen molar-refractivity contribution in [1.29, 1.82) is 0 Å². The first-order chi connectivity index (χ1) is 36.2. The molecule has 0 bridgehead atoms. The summed E-state index contributed by atoms with van der Waals surface area (Å²) >= 11 is 0. The van der Waals surface area contributed by atoms with Gasteiger partial charge in [-0.25, -0.2) is 38.2 Å². The normalized spacial score (nSPS) is 30.0. The third kappa shape index (κ3) is 11.5. The Morgan fingerprint density at radius 3 is 1.95 bits per heavy atom. The molecular formula is C35H50N15O23P4+. The Morgan fingerprint density at radius 2 is 1.29 bits per heavy atom. The van der Waals surface area contributed by atoms with E-state index in [1.54, 1.807) is 0 Å². The van der Waals surface area contributed by atoms with Crippen LogP contribution in [-0.2, 0) is 71.2 Å². The molecule has 0 radical (unpaired) electrons. The quantitative estimate of drug-likeness (QED) is 0.0246. The van der Waals surface area contributed by atoms with Gasteiger partial charge in [-0.05, 0) is 0 Å². The van der Waals surface area contributed by atoms with E-state index in [9.17, 15) is 62.7 Å². The summed E-state index contributed by atoms with van der Waals surface area (Å²) < 4.78 is 111. The number of methoxy groups -OCH3 is 2. The van der Waals surface area contributed by atoms with Crippen LogP contribution in [0.15, 0.2) is 34.9 Å². The third-order valence-corrected chi connectivity index (χ3v) is 18.2. The number of nitrogens with zero attached hydrogens (tertiary/aromatic N) is 10. The number of aliphatic hydroxyl groups excluding tert-OH is 3. The summed E-state index contributed by atoms with van der Waals surface area (Å²) in [5.74, 6) is -3.03. The highest BCUT2D eigenvalue weighted by molar-refractivity contribution is 7.66. The summed E-state index contributed by atoms with van der Waals surface area (Å²) in [6.07, 6.45) is -11.0. The van der Waals surface area contributed by atoms with Crippen LogP contribution >= 0.6 is 31.1 Å². The topological polar surface area (TPSA) is 542 Å². The smallest absolute Gasteiger partial charge is 0.387 e. The Morgan fingerprint density at radius 1 is 0.688 bits per heavy atom. The van der Waals surface area contributed by atoms with Gasteiger partial charge in [0.15, 0.2) is 41.4 Å². The Kier molecular flexibility index (Phi) is 15.8. The van der Waals surface area contributed by atoms with Crippen molar-refractivity contribution in [3.8, 4) is 0 Å². The number of nitrogens with one attached hydrogen (secondary N) is 2. The fourth-order valence-electron chi connectivity index (χ4n) is 9.17. The molecule has 4 unspecified atom stereocenters. The lowest BCUT2D eigenvalue weighted by Crippen LogP contribution is -2.45. The Hall–Kier alpha value is -5.11. The van der Waals surface area contributed by atoms with Crippen molar-refractivity contribution in [2.45, 2.75) is 61.4 Å². The molecule has 77 heavy (non-hydrogen) atoms. The van der Waals surface area contributed by atoms with Gasteiger partial charge in [0.1, 0.15) is 42.4 Å². The first-order valence-electron chi connectivity index (χ1n) is 22.3. The zero-order valence-electron chi connectivity index (χ0n) is 39.9. The van der Waals surface area contributed by atoms with Crippen LogP contribution < -0.4 is 32.9 Å². The molecule has 6 aromatic heterocycles. The van der Waals surface area contributed by atoms with Gasteiger partial charge in [0.2, 0.25) is 17.7 Å². The fourth-order valence-corrected chi connectivity index (χ4v) is 14.2. The number of nitrogens with two attached hydrogens (primary N) is 3. The highest BCUT2D eigenvalue weighted by Gasteiger charge is 2.53. The average molecular weight is 1170 g/mol. The predicted molar refractivity (Wildman–Crippen MR) is 252 cm³/mol. The lowest BCUT2D eigenvalue weighted by molar-refractivity contribution is -0.745. The van der Waals surface area contributed by atoms with Crippen LogP contribution in [0.2, 0.25) is 0 Å². The molecule has 0 amide bonds. The number of ether oxygens (including phenoxy) is 5. The number of phosphoric acid groups is 3. The van der Waals surface area contributed by atoms with Crippen LogP contribution in [0.25, 0.3) is 33.5 Å². The van der Waals surface area contributed by atoms with E-state index in [4.69, 9.17) is 54.5 Å². The van der Waals surface area contributed by atoms with E-state index in [2.05, 4.69) is 48.5 Å². The molecule has 3 fully saturated rings. The summed E-state index contributed by atoms with van der Waals surface area (Å²) in [6, 6.07) is 0. The maximum Gasteiger partial charge on any atom is 0.490 e. The van der Waals surface area contributed by atoms with Crippen molar-refractivity contribution < 1.29 is 104 Å². The van der Waals surface area contributed by atoms with E-state index in [-0.39, 0.29) is 57.8 Å². The first kappa shape index (κ1) is 56.6. The van der Waals surface area contributed by atoms with Gasteiger partial charge in [-0.2, -0.15) is 13.6 Å². The molecule has 3 aliphatic rings. The number of hydrogen-bond donors (Lipinski definition) is 12. The Balaban J connectivity index is 0.869. The van der Waals surface area contributed by atoms with Crippen LogP contribution in [0.3, 0.4) is 0 Å². The summed E-state index contributed by atoms with van der Waals surface area (Å²) in [6.45, 7) is -3.17. The molecule has 0 aliphatic carbocycles. The molecule has 42 heteroatoms. The number of H-pyrrole nitrogens is 2. The third-order valence-electron chi connectivity index (χ3n) is 12.5. The molecule has 0 saturated carbocycles. The number of anilines is 3. The highest BCUT2D eigenvalue weighted by atomic mass is 31.3. The van der Waals surface area contributed by atoms with Crippen LogP contribution in [0, 0.1) is 11.8 Å². The lowest BCUT2D eigenvalue weighted by atomic mass is 9.99. The van der Waals surface area contributed by atoms with Crippen LogP contribution in [0.5, 0.6) is 0 Å². The SMILES string of the molecule is COC[C@H]1[C@@H](O)[C@H]([n+]2cn(C)c3c(=O)[nH]c(N)nc32)O[C@@H]1COP(=O)(O)OP(=O)(O)OP(=O)(O)OC[C@H]1O[C@@H](n2cnc3c(N)ncnc32)[C@H](OC)[C@@H]1CP(=O)(O)OC[C@H]1O[C@@H](n2cnc3c(=O)[nH]c(N)nc32)[C@H](O)[C@@H]1O. The van der Waals surface area contributed by atoms with E-state index in [1.807, 2.05) is 0 Å². The standard InChI is InChI=1S/C35H49N15O23P4/c1-47-12-50(28-20(47)30(55)46-35(38)44-28)31-21(51)13(4-64-2)15(69-31)5-67-75(58,59)72-77(62,63)73-76(60,61)68-6-16-14(24(65-3)33(70-16)48-10-41-18-25(36)39-9-40-26(18)48)8-74(56,57)66-7-17-22(52)23(53)32(71-17)49-11-42-19-27(49)43-34(37)45-29(19)54/h9-17,21-24,31-33,51-53H,4-8H2,1-3H3,(H11-,36,37,38,39,40,43,44,45,46,54,55,56,57,58,59,60,61,62,63)/p+1/t13-,14-,15-,16-,17-,21-,22-,23-,24-,31-,32-,33-/m1/s1. The molecule has 0 aromatic carbocycles. The van der Waals surface area contributed by atoms with Gasteiger partial charge < -0.3 is 80.3 Å². The monoisotopic (exact) mass is 1170 g/mol. The zero-order valence-corrected chi connectivity index (χ0v) is 43.5. The van der Waals surface area contributed by atoms with Crippen LogP contribution in [-0.4, -0.2) is 178 Å². The van der Waals surface area contributed by atoms with Gasteiger partial charge in [0, 0.05) is 26.1 Å². The second kappa shape index (κ2) is 21.5. The molecule has 422 valence electrons. The molecule has 9 rings (SSSR count). The molecular weight excluding hydrogens is 1120 g/mol. The van der Waals surface area contributed by atoms with E-state index in [0.717, 1.165) is 17.2 Å². The molecule has 9 heterocycles. The number of aryl methyl sites for hydroxylation is 1. The van der Waals surface area contributed by atoms with E-state index < -0.39 is 141 Å². The van der Waals surface area contributed by atoms with Crippen molar-refractivity contribution in [3.63, 3.8) is 0 Å². The number of fused-ring (bicyclic) bond motifs is 3. The molecule has 38 nitrogen and oxygen atoms in total. The minimum absolute atomic E-state index is 0.0130. The number of nitrogen functional groups attached to an aromatic ring is 3. The maximum atomic E-state index is 13.9. The number of imidazole rings is 3. The number of aromatic amines is 2. The second-order valence-corrected chi connectivity index (χ2v) is 24.1. The summed E-state index contributed by atoms with van der Waals surface area (Å²) in [5, 5.41) is 33.1. The van der Waals surface area contributed by atoms with Gasteiger partial charge >= 0.3 is 36.7 Å². The summed E-state index contributed by atoms with van der Waals surface area (Å²) in [5.41, 5.74) is 15.9. The number of aliphatic hydroxyl groups is 3. The molecule has 0 spiro atoms. The maximum absolute atomic E-state index is 13.9. The van der Waals surface area contributed by atoms with Crippen LogP contribution in [0.1, 0.15) is 18.7 Å². The largest absolute Gasteiger partial charge is 0.490 e. The van der Waals surface area contributed by atoms with Gasteiger partial charge in [-0.15, -0.1) is 0 Å². The summed E-state index contributed by atoms with van der Waals surface area (Å²) in [7, 11) is -18.8. The summed E-state index contributed by atoms with van der Waals surface area (Å²) in [4.78, 5) is 96.9. The first-order valence-corrected chi connectivity index (χ1v) is 28.6. The van der Waals surface area contributed by atoms with Gasteiger partial charge in [0.05, 0.1) is 64.5 Å². The molecule has 3 saturated heterocycles. The van der Waals surface area contributed by atoms with Gasteiger partial charge in [0.25, 0.3) is 17.1 Å². The van der Waals surface area contributed by atoms with Crippen molar-refractivity contribution in [2.75, 3.05) is 64.0 Å². The fraction of sp³-hybridized carbons (Fsp3) is 0.571. The number of rotatable bonds is 21. The molecule has 6 aromatic rings. The van der Waals surface area contributed by atoms with Gasteiger partial charge in [-0.1, -0.05) is 4.98 Å². The number of aromatic nitrogens is 12. The Labute approximate surface area is 428 Å². The predicted octanol–water partition coefficient (Wildman–Crippen LogP) is -3.49. The van der Waals surface area contributed by atoms with Crippen molar-refractivity contribution in [2.24, 2.45) is 18.9 Å². The van der Waals surface area contributed by atoms with Gasteiger partial charge in [-0.3, -0.25) is 46.9 Å². The van der Waals surface area contributed by atoms with Crippen molar-refractivity contribution >= 4 is 82.3 Å². The minimum Gasteiger partial charge on any atom is -0.387 e. The van der Waals surface area contributed by atoms with Crippen molar-refractivity contribution in [1.82, 2.24) is 53.6 Å². The second-order valence-electron chi connectivity index (χ2n) is 17.5.